The number of ether oxygens (including phenoxy) is 1. The zero-order valence-electron chi connectivity index (χ0n) is 7.41. The number of methoxy groups -OCH3 is 1. The van der Waals surface area contributed by atoms with Crippen LogP contribution in [0.3, 0.4) is 0 Å². The van der Waals surface area contributed by atoms with E-state index in [1.54, 1.807) is 25.3 Å². The topological polar surface area (TPSA) is 42.1 Å². The van der Waals surface area contributed by atoms with Crippen LogP contribution in [0, 0.1) is 0 Å². The van der Waals surface area contributed by atoms with Crippen LogP contribution in [-0.2, 0) is 4.74 Å². The molecule has 0 radical (unpaired) electrons. The van der Waals surface area contributed by atoms with Gasteiger partial charge in [0, 0.05) is 6.07 Å². The molecule has 1 aromatic heterocycles. The van der Waals surface area contributed by atoms with Crippen molar-refractivity contribution in [3.8, 4) is 0 Å². The molecular weight excluding hydrogens is 166 g/mol. The standard InChI is InChI=1S/C10H11NO2/c1-3-8-4-5-10(12)11-9(8)6-7-13-2/h3-7H,1H2,2H3,(H,11,12)/b7-6+. The second kappa shape index (κ2) is 4.30. The van der Waals surface area contributed by atoms with Gasteiger partial charge in [0.25, 0.3) is 0 Å². The van der Waals surface area contributed by atoms with E-state index in [-0.39, 0.29) is 5.56 Å². The number of hydrogen-bond acceptors (Lipinski definition) is 2. The van der Waals surface area contributed by atoms with Gasteiger partial charge in [0.1, 0.15) is 0 Å². The lowest BCUT2D eigenvalue weighted by atomic mass is 10.2. The molecule has 0 fully saturated rings. The third-order valence-electron chi connectivity index (χ3n) is 1.57. The number of H-pyrrole nitrogens is 1. The Kier molecular flexibility index (Phi) is 3.09. The minimum Gasteiger partial charge on any atom is -0.504 e. The van der Waals surface area contributed by atoms with Crippen molar-refractivity contribution in [2.75, 3.05) is 7.11 Å². The summed E-state index contributed by atoms with van der Waals surface area (Å²) in [5, 5.41) is 0. The van der Waals surface area contributed by atoms with Crippen LogP contribution in [0.5, 0.6) is 0 Å². The van der Waals surface area contributed by atoms with Crippen molar-refractivity contribution in [1.82, 2.24) is 4.98 Å². The highest BCUT2D eigenvalue weighted by molar-refractivity contribution is 5.60. The SMILES string of the molecule is C=Cc1ccc(=O)[nH]c1/C=C/OC. The van der Waals surface area contributed by atoms with Crippen LogP contribution in [0.1, 0.15) is 11.3 Å². The van der Waals surface area contributed by atoms with Crippen molar-refractivity contribution in [2.45, 2.75) is 0 Å². The van der Waals surface area contributed by atoms with Crippen molar-refractivity contribution >= 4 is 12.2 Å². The molecule has 3 nitrogen and oxygen atoms in total. The van der Waals surface area contributed by atoms with E-state index in [1.807, 2.05) is 0 Å². The lowest BCUT2D eigenvalue weighted by Crippen LogP contribution is -2.05. The van der Waals surface area contributed by atoms with Crippen molar-refractivity contribution < 1.29 is 4.74 Å². The first-order chi connectivity index (χ1) is 6.27. The first-order valence-corrected chi connectivity index (χ1v) is 3.83. The molecular formula is C10H11NO2. The van der Waals surface area contributed by atoms with Gasteiger partial charge in [-0.15, -0.1) is 0 Å². The Morgan fingerprint density at radius 2 is 2.31 bits per heavy atom. The average Bonchev–Trinajstić information content (AvgIpc) is 2.15. The fourth-order valence-electron chi connectivity index (χ4n) is 0.954. The second-order valence-corrected chi connectivity index (χ2v) is 2.43. The van der Waals surface area contributed by atoms with E-state index < -0.39 is 0 Å². The largest absolute Gasteiger partial charge is 0.504 e. The quantitative estimate of drug-likeness (QED) is 0.713. The van der Waals surface area contributed by atoms with Crippen molar-refractivity contribution in [1.29, 1.82) is 0 Å². The van der Waals surface area contributed by atoms with Gasteiger partial charge in [0.2, 0.25) is 5.56 Å². The molecule has 0 saturated heterocycles. The summed E-state index contributed by atoms with van der Waals surface area (Å²) in [7, 11) is 1.55. The van der Waals surface area contributed by atoms with Gasteiger partial charge in [0.15, 0.2) is 0 Å². The van der Waals surface area contributed by atoms with E-state index in [2.05, 4.69) is 11.6 Å². The lowest BCUT2D eigenvalue weighted by Gasteiger charge is -1.98. The lowest BCUT2D eigenvalue weighted by molar-refractivity contribution is 0.341. The first kappa shape index (κ1) is 9.32. The maximum atomic E-state index is 11.0. The molecule has 0 atom stereocenters. The number of pyridine rings is 1. The third-order valence-corrected chi connectivity index (χ3v) is 1.57. The Morgan fingerprint density at radius 3 is 2.92 bits per heavy atom. The molecule has 0 bridgehead atoms. The summed E-state index contributed by atoms with van der Waals surface area (Å²) in [5.74, 6) is 0. The van der Waals surface area contributed by atoms with Gasteiger partial charge in [-0.1, -0.05) is 12.7 Å². The molecule has 1 aromatic rings. The minimum absolute atomic E-state index is 0.138. The van der Waals surface area contributed by atoms with Crippen molar-refractivity contribution in [3.05, 3.63) is 46.6 Å². The molecule has 1 N–H and O–H groups in total. The summed E-state index contributed by atoms with van der Waals surface area (Å²) < 4.78 is 4.75. The molecule has 1 rings (SSSR count). The highest BCUT2D eigenvalue weighted by atomic mass is 16.5. The van der Waals surface area contributed by atoms with Crippen LogP contribution in [-0.4, -0.2) is 12.1 Å². The maximum absolute atomic E-state index is 11.0. The van der Waals surface area contributed by atoms with Crippen molar-refractivity contribution in [2.24, 2.45) is 0 Å². The fourth-order valence-corrected chi connectivity index (χ4v) is 0.954. The van der Waals surface area contributed by atoms with Gasteiger partial charge in [-0.3, -0.25) is 4.79 Å². The number of rotatable bonds is 3. The Hall–Kier alpha value is -1.77. The molecule has 68 valence electrons. The minimum atomic E-state index is -0.138. The molecule has 0 saturated carbocycles. The highest BCUT2D eigenvalue weighted by Gasteiger charge is 1.95. The Balaban J connectivity index is 3.15. The second-order valence-electron chi connectivity index (χ2n) is 2.43. The van der Waals surface area contributed by atoms with Gasteiger partial charge < -0.3 is 9.72 Å². The molecule has 0 unspecified atom stereocenters. The molecule has 0 aliphatic heterocycles. The molecule has 1 heterocycles. The average molecular weight is 177 g/mol. The summed E-state index contributed by atoms with van der Waals surface area (Å²) in [6, 6.07) is 3.17. The van der Waals surface area contributed by atoms with Gasteiger partial charge in [-0.25, -0.2) is 0 Å². The molecule has 0 aliphatic carbocycles. The fraction of sp³-hybridized carbons (Fsp3) is 0.100. The summed E-state index contributed by atoms with van der Waals surface area (Å²) >= 11 is 0. The zero-order chi connectivity index (χ0) is 9.68. The molecule has 0 spiro atoms. The van der Waals surface area contributed by atoms with E-state index in [0.717, 1.165) is 5.56 Å². The zero-order valence-corrected chi connectivity index (χ0v) is 7.41. The van der Waals surface area contributed by atoms with E-state index in [0.29, 0.717) is 5.69 Å². The molecule has 0 amide bonds. The highest BCUT2D eigenvalue weighted by Crippen LogP contribution is 2.06. The first-order valence-electron chi connectivity index (χ1n) is 3.83. The van der Waals surface area contributed by atoms with Crippen LogP contribution in [0.15, 0.2) is 29.8 Å². The maximum Gasteiger partial charge on any atom is 0.248 e. The number of nitrogens with one attached hydrogen (secondary N) is 1. The monoisotopic (exact) mass is 177 g/mol. The normalized spacial score (nSPS) is 10.2. The van der Waals surface area contributed by atoms with Gasteiger partial charge >= 0.3 is 0 Å². The molecule has 0 aliphatic rings. The predicted octanol–water partition coefficient (Wildman–Crippen LogP) is 1.64. The van der Waals surface area contributed by atoms with E-state index in [4.69, 9.17) is 4.74 Å². The number of aromatic nitrogens is 1. The Labute approximate surface area is 76.4 Å². The van der Waals surface area contributed by atoms with Crippen LogP contribution in [0.2, 0.25) is 0 Å². The van der Waals surface area contributed by atoms with Crippen LogP contribution in [0.25, 0.3) is 12.2 Å². The Morgan fingerprint density at radius 1 is 1.54 bits per heavy atom. The van der Waals surface area contributed by atoms with Gasteiger partial charge in [0.05, 0.1) is 19.1 Å². The van der Waals surface area contributed by atoms with Crippen LogP contribution < -0.4 is 5.56 Å². The van der Waals surface area contributed by atoms with E-state index >= 15 is 0 Å². The smallest absolute Gasteiger partial charge is 0.248 e. The van der Waals surface area contributed by atoms with Crippen molar-refractivity contribution in [3.63, 3.8) is 0 Å². The number of aromatic amines is 1. The predicted molar refractivity (Wildman–Crippen MR) is 53.2 cm³/mol. The summed E-state index contributed by atoms with van der Waals surface area (Å²) in [5.41, 5.74) is 1.43. The summed E-state index contributed by atoms with van der Waals surface area (Å²) in [4.78, 5) is 13.6. The van der Waals surface area contributed by atoms with Crippen LogP contribution >= 0.6 is 0 Å². The molecule has 3 heteroatoms. The third kappa shape index (κ3) is 2.33. The molecule has 13 heavy (non-hydrogen) atoms. The summed E-state index contributed by atoms with van der Waals surface area (Å²) in [6.07, 6.45) is 4.85. The van der Waals surface area contributed by atoms with E-state index in [9.17, 15) is 4.79 Å². The summed E-state index contributed by atoms with van der Waals surface area (Å²) in [6.45, 7) is 3.63. The van der Waals surface area contributed by atoms with E-state index in [1.165, 1.54) is 12.3 Å². The Bertz CT molecular complexity index is 377. The van der Waals surface area contributed by atoms with Gasteiger partial charge in [-0.2, -0.15) is 0 Å². The van der Waals surface area contributed by atoms with Gasteiger partial charge in [-0.05, 0) is 17.7 Å². The number of hydrogen-bond donors (Lipinski definition) is 1. The van der Waals surface area contributed by atoms with Crippen LogP contribution in [0.4, 0.5) is 0 Å². The molecule has 0 aromatic carbocycles.